The molecule has 0 aliphatic rings. The van der Waals surface area contributed by atoms with Crippen LogP contribution in [-0.2, 0) is 6.54 Å². The van der Waals surface area contributed by atoms with E-state index < -0.39 is 0 Å². The van der Waals surface area contributed by atoms with Crippen molar-refractivity contribution in [3.8, 4) is 11.5 Å². The highest BCUT2D eigenvalue weighted by atomic mass is 79.9. The van der Waals surface area contributed by atoms with Gasteiger partial charge in [0.2, 0.25) is 0 Å². The Balaban J connectivity index is 2.26. The van der Waals surface area contributed by atoms with Gasteiger partial charge in [-0.05, 0) is 42.8 Å². The van der Waals surface area contributed by atoms with Crippen LogP contribution in [0.1, 0.15) is 25.0 Å². The Morgan fingerprint density at radius 1 is 1.24 bits per heavy atom. The molecule has 0 atom stereocenters. The van der Waals surface area contributed by atoms with Crippen molar-refractivity contribution in [2.75, 3.05) is 0 Å². The van der Waals surface area contributed by atoms with E-state index in [0.29, 0.717) is 23.6 Å². The molecule has 0 spiro atoms. The van der Waals surface area contributed by atoms with E-state index in [0.717, 1.165) is 10.0 Å². The van der Waals surface area contributed by atoms with E-state index in [4.69, 9.17) is 4.74 Å². The number of hydrogen-bond acceptors (Lipinski definition) is 2. The van der Waals surface area contributed by atoms with Crippen LogP contribution in [0.25, 0.3) is 0 Å². The quantitative estimate of drug-likeness (QED) is 0.800. The summed E-state index contributed by atoms with van der Waals surface area (Å²) in [6, 6.07) is 10.9. The third-order valence-corrected chi connectivity index (χ3v) is 4.01. The highest BCUT2D eigenvalue weighted by Crippen LogP contribution is 2.29. The summed E-state index contributed by atoms with van der Waals surface area (Å²) in [5, 5.41) is 3.22. The highest BCUT2D eigenvalue weighted by Gasteiger charge is 2.11. The predicted octanol–water partition coefficient (Wildman–Crippen LogP) is 5.19. The van der Waals surface area contributed by atoms with Gasteiger partial charge in [0.15, 0.2) is 0 Å². The van der Waals surface area contributed by atoms with E-state index in [9.17, 15) is 4.39 Å². The number of halogens is 2. The van der Waals surface area contributed by atoms with Crippen molar-refractivity contribution >= 4 is 15.9 Å². The lowest BCUT2D eigenvalue weighted by Crippen LogP contribution is -2.22. The van der Waals surface area contributed by atoms with Crippen molar-refractivity contribution in [1.29, 1.82) is 0 Å². The number of aryl methyl sites for hydroxylation is 1. The fourth-order valence-electron chi connectivity index (χ4n) is 1.92. The van der Waals surface area contributed by atoms with Crippen LogP contribution in [0.5, 0.6) is 11.5 Å². The van der Waals surface area contributed by atoms with Crippen molar-refractivity contribution in [3.05, 3.63) is 57.8 Å². The van der Waals surface area contributed by atoms with Gasteiger partial charge in [-0.3, -0.25) is 0 Å². The van der Waals surface area contributed by atoms with Crippen molar-refractivity contribution in [1.82, 2.24) is 5.32 Å². The molecule has 112 valence electrons. The maximum Gasteiger partial charge on any atom is 0.134 e. The van der Waals surface area contributed by atoms with Gasteiger partial charge in [-0.15, -0.1) is 0 Å². The molecule has 4 heteroatoms. The summed E-state index contributed by atoms with van der Waals surface area (Å²) >= 11 is 3.46. The number of ether oxygens (including phenoxy) is 1. The minimum atomic E-state index is -0.255. The van der Waals surface area contributed by atoms with Crippen LogP contribution in [0.4, 0.5) is 4.39 Å². The molecule has 0 saturated heterocycles. The van der Waals surface area contributed by atoms with Crippen LogP contribution in [0.15, 0.2) is 40.9 Å². The summed E-state index contributed by atoms with van der Waals surface area (Å²) in [7, 11) is 0. The molecule has 0 saturated carbocycles. The largest absolute Gasteiger partial charge is 0.457 e. The van der Waals surface area contributed by atoms with Crippen molar-refractivity contribution in [3.63, 3.8) is 0 Å². The average molecular weight is 352 g/mol. The second-order valence-electron chi connectivity index (χ2n) is 5.27. The van der Waals surface area contributed by atoms with Gasteiger partial charge in [-0.1, -0.05) is 35.8 Å². The lowest BCUT2D eigenvalue weighted by Gasteiger charge is -2.14. The monoisotopic (exact) mass is 351 g/mol. The molecule has 0 aliphatic heterocycles. The van der Waals surface area contributed by atoms with E-state index in [1.807, 2.05) is 39.0 Å². The molecule has 2 nitrogen and oxygen atoms in total. The zero-order valence-electron chi connectivity index (χ0n) is 12.4. The van der Waals surface area contributed by atoms with Crippen LogP contribution in [0.2, 0.25) is 0 Å². The maximum absolute atomic E-state index is 14.0. The lowest BCUT2D eigenvalue weighted by molar-refractivity contribution is 0.457. The minimum Gasteiger partial charge on any atom is -0.457 e. The first-order chi connectivity index (χ1) is 9.97. The summed E-state index contributed by atoms with van der Waals surface area (Å²) in [5.41, 5.74) is 1.62. The van der Waals surface area contributed by atoms with Crippen molar-refractivity contribution in [2.24, 2.45) is 0 Å². The summed E-state index contributed by atoms with van der Waals surface area (Å²) in [4.78, 5) is 0. The third-order valence-electron chi connectivity index (χ3n) is 3.12. The van der Waals surface area contributed by atoms with Gasteiger partial charge < -0.3 is 10.1 Å². The minimum absolute atomic E-state index is 0.255. The first-order valence-electron chi connectivity index (χ1n) is 6.92. The molecule has 0 aliphatic carbocycles. The molecule has 0 fully saturated rings. The molecule has 0 unspecified atom stereocenters. The van der Waals surface area contributed by atoms with Crippen LogP contribution < -0.4 is 10.1 Å². The molecule has 2 aromatic carbocycles. The van der Waals surface area contributed by atoms with E-state index in [-0.39, 0.29) is 11.9 Å². The molecular weight excluding hydrogens is 333 g/mol. The molecule has 0 radical (unpaired) electrons. The maximum atomic E-state index is 14.0. The average Bonchev–Trinajstić information content (AvgIpc) is 2.42. The van der Waals surface area contributed by atoms with Gasteiger partial charge in [0.25, 0.3) is 0 Å². The smallest absolute Gasteiger partial charge is 0.134 e. The van der Waals surface area contributed by atoms with Gasteiger partial charge in [-0.2, -0.15) is 0 Å². The van der Waals surface area contributed by atoms with E-state index in [2.05, 4.69) is 21.2 Å². The van der Waals surface area contributed by atoms with E-state index >= 15 is 0 Å². The summed E-state index contributed by atoms with van der Waals surface area (Å²) in [6.07, 6.45) is 0. The number of rotatable bonds is 5. The van der Waals surface area contributed by atoms with Gasteiger partial charge in [0.1, 0.15) is 17.3 Å². The third kappa shape index (κ3) is 4.29. The molecule has 0 amide bonds. The van der Waals surface area contributed by atoms with Gasteiger partial charge in [-0.25, -0.2) is 4.39 Å². The number of benzene rings is 2. The summed E-state index contributed by atoms with van der Waals surface area (Å²) in [5.74, 6) is 0.992. The molecule has 0 aromatic heterocycles. The van der Waals surface area contributed by atoms with E-state index in [1.165, 1.54) is 6.07 Å². The lowest BCUT2D eigenvalue weighted by atomic mass is 10.1. The molecule has 2 aromatic rings. The molecule has 0 heterocycles. The Kier molecular flexibility index (Phi) is 5.37. The van der Waals surface area contributed by atoms with Crippen LogP contribution in [0.3, 0.4) is 0 Å². The summed E-state index contributed by atoms with van der Waals surface area (Å²) in [6.45, 7) is 6.48. The van der Waals surface area contributed by atoms with Gasteiger partial charge >= 0.3 is 0 Å². The number of nitrogens with one attached hydrogen (secondary N) is 1. The standard InChI is InChI=1S/C17H19BrFNO/c1-11(2)20-10-14-16(19)5-4-6-17(14)21-13-7-8-15(18)12(3)9-13/h4-9,11,20H,10H2,1-3H3. The SMILES string of the molecule is Cc1cc(Oc2cccc(F)c2CNC(C)C)ccc1Br. The Hall–Kier alpha value is -1.39. The first-order valence-corrected chi connectivity index (χ1v) is 7.71. The second kappa shape index (κ2) is 7.05. The fourth-order valence-corrected chi connectivity index (χ4v) is 2.17. The Labute approximate surface area is 133 Å². The van der Waals surface area contributed by atoms with Crippen LogP contribution in [-0.4, -0.2) is 6.04 Å². The fraction of sp³-hybridized carbons (Fsp3) is 0.294. The first kappa shape index (κ1) is 16.0. The topological polar surface area (TPSA) is 21.3 Å². The van der Waals surface area contributed by atoms with Gasteiger partial charge in [0.05, 0.1) is 0 Å². The molecule has 21 heavy (non-hydrogen) atoms. The van der Waals surface area contributed by atoms with E-state index in [1.54, 1.807) is 12.1 Å². The second-order valence-corrected chi connectivity index (χ2v) is 6.12. The molecule has 0 bridgehead atoms. The van der Waals surface area contributed by atoms with Gasteiger partial charge in [0, 0.05) is 22.6 Å². The van der Waals surface area contributed by atoms with Crippen molar-refractivity contribution < 1.29 is 9.13 Å². The Morgan fingerprint density at radius 2 is 2.00 bits per heavy atom. The predicted molar refractivity (Wildman–Crippen MR) is 87.3 cm³/mol. The van der Waals surface area contributed by atoms with Crippen molar-refractivity contribution in [2.45, 2.75) is 33.4 Å². The molecular formula is C17H19BrFNO. The van der Waals surface area contributed by atoms with Crippen LogP contribution >= 0.6 is 15.9 Å². The zero-order valence-corrected chi connectivity index (χ0v) is 14.0. The van der Waals surface area contributed by atoms with Crippen LogP contribution in [0, 0.1) is 12.7 Å². The number of hydrogen-bond donors (Lipinski definition) is 1. The summed E-state index contributed by atoms with van der Waals surface area (Å²) < 4.78 is 20.9. The Morgan fingerprint density at radius 3 is 2.67 bits per heavy atom. The molecule has 1 N–H and O–H groups in total. The Bertz CT molecular complexity index is 628. The molecule has 2 rings (SSSR count). The highest BCUT2D eigenvalue weighted by molar-refractivity contribution is 9.10. The normalized spacial score (nSPS) is 11.0. The zero-order chi connectivity index (χ0) is 15.4.